The molecular weight excluding hydrogens is 951 g/mol. The number of benzene rings is 1. The molecule has 0 spiro atoms. The quantitative estimate of drug-likeness (QED) is 0.203. The van der Waals surface area contributed by atoms with Gasteiger partial charge in [0.2, 0.25) is 53.2 Å². The largest absolute Gasteiger partial charge is 0.391 e. The lowest BCUT2D eigenvalue weighted by Gasteiger charge is -2.37. The molecule has 3 unspecified atom stereocenters. The van der Waals surface area contributed by atoms with Crippen LogP contribution in [0.4, 0.5) is 0 Å². The number of amides is 9. The monoisotopic (exact) mass is 1040 g/mol. The molecular formula is C54H89N9O11. The van der Waals surface area contributed by atoms with Crippen molar-refractivity contribution in [2.75, 3.05) is 47.9 Å². The van der Waals surface area contributed by atoms with E-state index >= 15 is 0 Å². The van der Waals surface area contributed by atoms with Crippen LogP contribution in [-0.4, -0.2) is 191 Å². The van der Waals surface area contributed by atoms with Crippen LogP contribution >= 0.6 is 0 Å². The second-order valence-corrected chi connectivity index (χ2v) is 22.6. The third-order valence-corrected chi connectivity index (χ3v) is 13.6. The number of ether oxygens (including phenoxy) is 1. The van der Waals surface area contributed by atoms with E-state index in [0.717, 1.165) is 24.2 Å². The van der Waals surface area contributed by atoms with Crippen LogP contribution in [-0.2, 0) is 54.3 Å². The Labute approximate surface area is 439 Å². The molecule has 416 valence electrons. The first-order chi connectivity index (χ1) is 34.4. The van der Waals surface area contributed by atoms with Gasteiger partial charge in [0.25, 0.3) is 0 Å². The van der Waals surface area contributed by atoms with E-state index in [-0.39, 0.29) is 50.0 Å². The van der Waals surface area contributed by atoms with Crippen molar-refractivity contribution in [2.45, 2.75) is 188 Å². The summed E-state index contributed by atoms with van der Waals surface area (Å²) in [5.41, 5.74) is -0.101. The number of hydrogen-bond acceptors (Lipinski definition) is 11. The zero-order valence-corrected chi connectivity index (χ0v) is 46.9. The Kier molecular flexibility index (Phi) is 24.0. The third-order valence-electron chi connectivity index (χ3n) is 13.6. The summed E-state index contributed by atoms with van der Waals surface area (Å²) in [5, 5.41) is 22.1. The van der Waals surface area contributed by atoms with Crippen LogP contribution in [0.25, 0.3) is 0 Å². The van der Waals surface area contributed by atoms with Crippen molar-refractivity contribution in [3.63, 3.8) is 0 Å². The lowest BCUT2D eigenvalue weighted by Crippen LogP contribution is -2.63. The first-order valence-corrected chi connectivity index (χ1v) is 26.4. The lowest BCUT2D eigenvalue weighted by molar-refractivity contribution is -0.150. The molecule has 74 heavy (non-hydrogen) atoms. The number of rotatable bonds is 12. The van der Waals surface area contributed by atoms with Gasteiger partial charge in [-0.25, -0.2) is 0 Å². The summed E-state index contributed by atoms with van der Waals surface area (Å²) < 4.78 is 6.08. The molecule has 5 N–H and O–H groups in total. The van der Waals surface area contributed by atoms with E-state index in [4.69, 9.17) is 4.74 Å². The Bertz CT molecular complexity index is 2090. The number of likely N-dealkylation sites (tertiary alicyclic amines) is 1. The maximum atomic E-state index is 14.9. The van der Waals surface area contributed by atoms with Crippen molar-refractivity contribution in [2.24, 2.45) is 17.8 Å². The van der Waals surface area contributed by atoms with Crippen LogP contribution in [0.15, 0.2) is 30.3 Å². The first-order valence-electron chi connectivity index (χ1n) is 26.4. The fourth-order valence-electron chi connectivity index (χ4n) is 9.27. The fraction of sp³-hybridized carbons (Fsp3) is 0.722. The minimum Gasteiger partial charge on any atom is -0.391 e. The Morgan fingerprint density at radius 3 is 1.57 bits per heavy atom. The van der Waals surface area contributed by atoms with Gasteiger partial charge in [-0.2, -0.15) is 0 Å². The smallest absolute Gasteiger partial charge is 0.248 e. The molecule has 2 saturated heterocycles. The summed E-state index contributed by atoms with van der Waals surface area (Å²) in [4.78, 5) is 137. The highest BCUT2D eigenvalue weighted by Gasteiger charge is 2.42. The number of nitrogens with one attached hydrogen (secondary N) is 4. The maximum Gasteiger partial charge on any atom is 0.248 e. The van der Waals surface area contributed by atoms with Gasteiger partial charge in [0, 0.05) is 47.7 Å². The highest BCUT2D eigenvalue weighted by atomic mass is 16.5. The average Bonchev–Trinajstić information content (AvgIpc) is 3.33. The maximum absolute atomic E-state index is 14.9. The van der Waals surface area contributed by atoms with Crippen molar-refractivity contribution >= 4 is 53.2 Å². The van der Waals surface area contributed by atoms with Crippen molar-refractivity contribution in [1.29, 1.82) is 0 Å². The predicted molar refractivity (Wildman–Crippen MR) is 281 cm³/mol. The van der Waals surface area contributed by atoms with Gasteiger partial charge in [0.1, 0.15) is 48.3 Å². The fourth-order valence-corrected chi connectivity index (χ4v) is 9.27. The zero-order chi connectivity index (χ0) is 55.9. The number of likely N-dealkylation sites (N-methyl/N-ethyl adjacent to an activating group) is 4. The van der Waals surface area contributed by atoms with Gasteiger partial charge in [0.05, 0.1) is 24.7 Å². The van der Waals surface area contributed by atoms with Crippen LogP contribution in [0.2, 0.25) is 0 Å². The summed E-state index contributed by atoms with van der Waals surface area (Å²) in [6.45, 7) is 19.6. The van der Waals surface area contributed by atoms with Crippen molar-refractivity contribution in [3.05, 3.63) is 35.9 Å². The SMILES string of the molecule is CC(C)C[C@H]1C(=O)NC(C(=O)N2CCCCC2)CC(=O)NC(C)C(=O)N(C)[C@@H](Cc2ccccc2)C(=O)N(C)[C@@H](CC(C)C)C(=O)N[C@@H](C(C)O)C(=O)N(C)[C@@H](CC(C)C)C(=O)N[C@@H](COC(C)(C)C)C(=O)N1C. The molecule has 20 heteroatoms. The molecule has 9 amide bonds. The second-order valence-electron chi connectivity index (χ2n) is 22.6. The van der Waals surface area contributed by atoms with Gasteiger partial charge >= 0.3 is 0 Å². The molecule has 20 nitrogen and oxygen atoms in total. The molecule has 2 heterocycles. The van der Waals surface area contributed by atoms with E-state index in [1.165, 1.54) is 56.7 Å². The Balaban J connectivity index is 2.30. The molecule has 0 radical (unpaired) electrons. The number of piperidine rings is 1. The Hall–Kier alpha value is -5.63. The van der Waals surface area contributed by atoms with E-state index in [2.05, 4.69) is 21.3 Å². The third kappa shape index (κ3) is 18.3. The molecule has 2 aliphatic rings. The highest BCUT2D eigenvalue weighted by molar-refractivity contribution is 5.99. The van der Waals surface area contributed by atoms with Crippen molar-refractivity contribution in [1.82, 2.24) is 45.8 Å². The highest BCUT2D eigenvalue weighted by Crippen LogP contribution is 2.21. The van der Waals surface area contributed by atoms with E-state index in [0.29, 0.717) is 18.7 Å². The van der Waals surface area contributed by atoms with Crippen LogP contribution in [0.1, 0.15) is 127 Å². The van der Waals surface area contributed by atoms with Crippen LogP contribution in [0.3, 0.4) is 0 Å². The van der Waals surface area contributed by atoms with Gasteiger partial charge in [-0.15, -0.1) is 0 Å². The Morgan fingerprint density at radius 1 is 0.622 bits per heavy atom. The van der Waals surface area contributed by atoms with E-state index in [9.17, 15) is 48.3 Å². The normalized spacial score (nSPS) is 26.2. The van der Waals surface area contributed by atoms with Crippen molar-refractivity contribution < 1.29 is 53.0 Å². The summed E-state index contributed by atoms with van der Waals surface area (Å²) in [5.74, 6) is -6.86. The van der Waals surface area contributed by atoms with Gasteiger partial charge in [-0.3, -0.25) is 43.2 Å². The molecule has 2 fully saturated rings. The summed E-state index contributed by atoms with van der Waals surface area (Å²) in [6, 6.07) is -1.63. The zero-order valence-electron chi connectivity index (χ0n) is 46.9. The predicted octanol–water partition coefficient (Wildman–Crippen LogP) is 2.25. The molecule has 1 aromatic rings. The lowest BCUT2D eigenvalue weighted by atomic mass is 9.97. The van der Waals surface area contributed by atoms with E-state index in [1.807, 2.05) is 41.5 Å². The minimum absolute atomic E-state index is 0.0118. The van der Waals surface area contributed by atoms with Crippen molar-refractivity contribution in [3.8, 4) is 0 Å². The molecule has 0 bridgehead atoms. The molecule has 1 aromatic carbocycles. The van der Waals surface area contributed by atoms with Gasteiger partial charge in [-0.05, 0) is 96.5 Å². The Morgan fingerprint density at radius 2 is 1.08 bits per heavy atom. The first kappa shape index (κ1) is 62.7. The van der Waals surface area contributed by atoms with E-state index < -0.39 is 120 Å². The minimum atomic E-state index is -1.61. The number of aliphatic hydroxyl groups excluding tert-OH is 1. The molecule has 9 atom stereocenters. The van der Waals surface area contributed by atoms with Crippen LogP contribution < -0.4 is 21.3 Å². The molecule has 0 aliphatic carbocycles. The summed E-state index contributed by atoms with van der Waals surface area (Å²) in [7, 11) is 5.62. The second kappa shape index (κ2) is 28.3. The number of aliphatic hydroxyl groups is 1. The average molecular weight is 1040 g/mol. The van der Waals surface area contributed by atoms with Crippen LogP contribution in [0, 0.1) is 17.8 Å². The number of hydrogen-bond donors (Lipinski definition) is 5. The van der Waals surface area contributed by atoms with Gasteiger partial charge in [0.15, 0.2) is 0 Å². The molecule has 2 aliphatic heterocycles. The van der Waals surface area contributed by atoms with E-state index in [1.54, 1.807) is 56.0 Å². The number of carbonyl (C=O) groups is 9. The molecule has 0 aromatic heterocycles. The summed E-state index contributed by atoms with van der Waals surface area (Å²) in [6.07, 6.45) is 0.601. The molecule has 3 rings (SSSR count). The van der Waals surface area contributed by atoms with Gasteiger partial charge < -0.3 is 55.6 Å². The number of carbonyl (C=O) groups excluding carboxylic acids is 9. The van der Waals surface area contributed by atoms with Gasteiger partial charge in [-0.1, -0.05) is 71.9 Å². The topological polar surface area (TPSA) is 247 Å². The standard InChI is InChI=1S/C54H89N9O11/c1-32(2)26-40-46(66)56-38(51(71)63-24-20-17-21-25-63)30-44(65)55-35(7)49(69)62(15)43(29-37-22-18-16-19-23-37)52(72)60(13)42(28-34(5)6)48(68)58-45(36(8)64)53(73)61(14)41(27-33(3)4)47(67)57-39(50(70)59(40)12)31-74-54(9,10)11/h16,18-19,22-23,32-36,38-43,45,64H,17,20-21,24-31H2,1-15H3,(H,55,65)(H,56,66)(H,57,67)(H,58,68)/t35?,36?,38?,39-,40-,41-,42-,43-,45-/m0/s1. The molecule has 0 saturated carbocycles. The summed E-state index contributed by atoms with van der Waals surface area (Å²) >= 11 is 0. The van der Waals surface area contributed by atoms with Crippen LogP contribution in [0.5, 0.6) is 0 Å². The number of nitrogens with zero attached hydrogens (tertiary/aromatic N) is 5.